The first-order valence-corrected chi connectivity index (χ1v) is 12.5. The van der Waals surface area contributed by atoms with Crippen molar-refractivity contribution in [1.29, 1.82) is 0 Å². The summed E-state index contributed by atoms with van der Waals surface area (Å²) >= 11 is 1.28. The van der Waals surface area contributed by atoms with E-state index in [1.54, 1.807) is 24.3 Å². The number of benzene rings is 2. The van der Waals surface area contributed by atoms with Gasteiger partial charge in [-0.1, -0.05) is 25.6 Å². The van der Waals surface area contributed by atoms with Gasteiger partial charge in [-0.25, -0.2) is 4.39 Å². The predicted molar refractivity (Wildman–Crippen MR) is 134 cm³/mol. The molecule has 35 heavy (non-hydrogen) atoms. The van der Waals surface area contributed by atoms with Gasteiger partial charge in [0.15, 0.2) is 11.0 Å². The number of hydrogen-bond acceptors (Lipinski definition) is 6. The molecule has 2 amide bonds. The first kappa shape index (κ1) is 26.2. The van der Waals surface area contributed by atoms with Gasteiger partial charge in [0.1, 0.15) is 11.6 Å². The summed E-state index contributed by atoms with van der Waals surface area (Å²) in [5, 5.41) is 15.0. The molecule has 1 aromatic heterocycles. The van der Waals surface area contributed by atoms with Gasteiger partial charge in [0.25, 0.3) is 5.91 Å². The molecule has 0 spiro atoms. The largest absolute Gasteiger partial charge is 0.494 e. The van der Waals surface area contributed by atoms with Gasteiger partial charge >= 0.3 is 0 Å². The third kappa shape index (κ3) is 7.05. The molecule has 0 saturated heterocycles. The number of amides is 2. The molecular formula is C25H30FN5O3S. The normalized spacial score (nSPS) is 11.8. The molecule has 1 atom stereocenters. The Bertz CT molecular complexity index is 1130. The van der Waals surface area contributed by atoms with E-state index >= 15 is 0 Å². The topological polar surface area (TPSA) is 98.1 Å². The lowest BCUT2D eigenvalue weighted by Crippen LogP contribution is -2.33. The van der Waals surface area contributed by atoms with E-state index in [0.29, 0.717) is 35.4 Å². The average molecular weight is 500 g/mol. The Morgan fingerprint density at radius 1 is 1.06 bits per heavy atom. The molecule has 8 nitrogen and oxygen atoms in total. The zero-order valence-corrected chi connectivity index (χ0v) is 21.1. The zero-order chi connectivity index (χ0) is 25.4. The SMILES string of the molecule is CCOc1ccc(NC(=O)CSc2nnc([C@@H](NC(=O)c3ccc(F)cc3)C(C)C)n2CC)cc1. The summed E-state index contributed by atoms with van der Waals surface area (Å²) in [6, 6.07) is 12.2. The molecule has 0 radical (unpaired) electrons. The second-order valence-electron chi connectivity index (χ2n) is 8.08. The number of nitrogens with zero attached hydrogens (tertiary/aromatic N) is 3. The van der Waals surface area contributed by atoms with Gasteiger partial charge < -0.3 is 19.9 Å². The highest BCUT2D eigenvalue weighted by molar-refractivity contribution is 7.99. The second kappa shape index (κ2) is 12.3. The highest BCUT2D eigenvalue weighted by Crippen LogP contribution is 2.26. The maximum atomic E-state index is 13.2. The minimum atomic E-state index is -0.410. The van der Waals surface area contributed by atoms with Gasteiger partial charge in [-0.2, -0.15) is 0 Å². The monoisotopic (exact) mass is 499 g/mol. The lowest BCUT2D eigenvalue weighted by atomic mass is 10.0. The number of hydrogen-bond donors (Lipinski definition) is 2. The first-order chi connectivity index (χ1) is 16.8. The van der Waals surface area contributed by atoms with Gasteiger partial charge in [-0.15, -0.1) is 10.2 Å². The summed E-state index contributed by atoms with van der Waals surface area (Å²) < 4.78 is 20.5. The number of carbonyl (C=O) groups is 2. The molecule has 186 valence electrons. The summed E-state index contributed by atoms with van der Waals surface area (Å²) in [5.41, 5.74) is 1.04. The van der Waals surface area contributed by atoms with Gasteiger partial charge in [0.2, 0.25) is 5.91 Å². The van der Waals surface area contributed by atoms with Gasteiger partial charge in [0, 0.05) is 17.8 Å². The Morgan fingerprint density at radius 2 is 1.74 bits per heavy atom. The molecule has 10 heteroatoms. The fraction of sp³-hybridized carbons (Fsp3) is 0.360. The standard InChI is InChI=1S/C25H30FN5O3S/c1-5-31-23(22(16(3)4)28-24(33)17-7-9-18(26)10-8-17)29-30-25(31)35-15-21(32)27-19-11-13-20(14-12-19)34-6-2/h7-14,16,22H,5-6,15H2,1-4H3,(H,27,32)(H,28,33)/t22-/m0/s1. The van der Waals surface area contributed by atoms with Crippen molar-refractivity contribution in [3.8, 4) is 5.75 Å². The second-order valence-corrected chi connectivity index (χ2v) is 9.02. The number of carbonyl (C=O) groups excluding carboxylic acids is 2. The van der Waals surface area contributed by atoms with Crippen LogP contribution < -0.4 is 15.4 Å². The number of aromatic nitrogens is 3. The maximum Gasteiger partial charge on any atom is 0.251 e. The molecular weight excluding hydrogens is 469 g/mol. The minimum absolute atomic E-state index is 0.0229. The van der Waals surface area contributed by atoms with Crippen molar-refractivity contribution in [2.24, 2.45) is 5.92 Å². The van der Waals surface area contributed by atoms with Crippen molar-refractivity contribution in [2.75, 3.05) is 17.7 Å². The highest BCUT2D eigenvalue weighted by atomic mass is 32.2. The van der Waals surface area contributed by atoms with Crippen LogP contribution in [0.15, 0.2) is 53.7 Å². The van der Waals surface area contributed by atoms with Crippen molar-refractivity contribution < 1.29 is 18.7 Å². The van der Waals surface area contributed by atoms with Crippen LogP contribution in [-0.2, 0) is 11.3 Å². The van der Waals surface area contributed by atoms with Crippen LogP contribution in [0.5, 0.6) is 5.75 Å². The van der Waals surface area contributed by atoms with Crippen molar-refractivity contribution in [2.45, 2.75) is 45.4 Å². The number of rotatable bonds is 11. The van der Waals surface area contributed by atoms with Crippen LogP contribution in [0.4, 0.5) is 10.1 Å². The van der Waals surface area contributed by atoms with E-state index in [9.17, 15) is 14.0 Å². The number of ether oxygens (including phenoxy) is 1. The van der Waals surface area contributed by atoms with Crippen molar-refractivity contribution in [3.63, 3.8) is 0 Å². The Morgan fingerprint density at radius 3 is 2.34 bits per heavy atom. The van der Waals surface area contributed by atoms with E-state index in [2.05, 4.69) is 20.8 Å². The number of nitrogens with one attached hydrogen (secondary N) is 2. The zero-order valence-electron chi connectivity index (χ0n) is 20.2. The molecule has 0 fully saturated rings. The minimum Gasteiger partial charge on any atom is -0.494 e. The molecule has 0 aliphatic heterocycles. The van der Waals surface area contributed by atoms with Crippen LogP contribution in [0.3, 0.4) is 0 Å². The lowest BCUT2D eigenvalue weighted by molar-refractivity contribution is -0.113. The van der Waals surface area contributed by atoms with Crippen LogP contribution in [0, 0.1) is 11.7 Å². The molecule has 0 bridgehead atoms. The molecule has 3 aromatic rings. The molecule has 1 heterocycles. The maximum absolute atomic E-state index is 13.2. The molecule has 2 N–H and O–H groups in total. The predicted octanol–water partition coefficient (Wildman–Crippen LogP) is 4.69. The molecule has 0 aliphatic rings. The number of halogens is 1. The molecule has 0 saturated carbocycles. The van der Waals surface area contributed by atoms with E-state index in [4.69, 9.17) is 4.74 Å². The Hall–Kier alpha value is -3.40. The van der Waals surface area contributed by atoms with E-state index in [-0.39, 0.29) is 23.5 Å². The fourth-order valence-corrected chi connectivity index (χ4v) is 4.23. The van der Waals surface area contributed by atoms with Gasteiger partial charge in [0.05, 0.1) is 18.4 Å². The quantitative estimate of drug-likeness (QED) is 0.371. The molecule has 0 aliphatic carbocycles. The third-order valence-electron chi connectivity index (χ3n) is 5.18. The molecule has 3 rings (SSSR count). The molecule has 0 unspecified atom stereocenters. The van der Waals surface area contributed by atoms with Crippen molar-refractivity contribution >= 4 is 29.3 Å². The smallest absolute Gasteiger partial charge is 0.251 e. The summed E-state index contributed by atoms with van der Waals surface area (Å²) in [6.07, 6.45) is 0. The summed E-state index contributed by atoms with van der Waals surface area (Å²) in [7, 11) is 0. The van der Waals surface area contributed by atoms with Crippen LogP contribution in [0.2, 0.25) is 0 Å². The molecule has 2 aromatic carbocycles. The van der Waals surface area contributed by atoms with Crippen molar-refractivity contribution in [3.05, 3.63) is 65.7 Å². The Labute approximate surface area is 208 Å². The summed E-state index contributed by atoms with van der Waals surface area (Å²) in [6.45, 7) is 8.96. The van der Waals surface area contributed by atoms with Crippen molar-refractivity contribution in [1.82, 2.24) is 20.1 Å². The van der Waals surface area contributed by atoms with E-state index < -0.39 is 11.9 Å². The fourth-order valence-electron chi connectivity index (χ4n) is 3.42. The van der Waals surface area contributed by atoms with Crippen LogP contribution in [-0.4, -0.2) is 38.9 Å². The highest BCUT2D eigenvalue weighted by Gasteiger charge is 2.26. The van der Waals surface area contributed by atoms with Crippen LogP contribution in [0.25, 0.3) is 0 Å². The van der Waals surface area contributed by atoms with E-state index in [1.165, 1.54) is 36.0 Å². The van der Waals surface area contributed by atoms with Crippen LogP contribution in [0.1, 0.15) is 49.9 Å². The number of anilines is 1. The Kier molecular flexibility index (Phi) is 9.25. The van der Waals surface area contributed by atoms with Crippen LogP contribution >= 0.6 is 11.8 Å². The summed E-state index contributed by atoms with van der Waals surface area (Å²) in [5.74, 6) is 0.631. The first-order valence-electron chi connectivity index (χ1n) is 11.5. The number of thioether (sulfide) groups is 1. The van der Waals surface area contributed by atoms with E-state index in [1.807, 2.05) is 32.3 Å². The third-order valence-corrected chi connectivity index (χ3v) is 6.15. The average Bonchev–Trinajstić information content (AvgIpc) is 3.25. The lowest BCUT2D eigenvalue weighted by Gasteiger charge is -2.22. The summed E-state index contributed by atoms with van der Waals surface area (Å²) in [4.78, 5) is 25.2. The van der Waals surface area contributed by atoms with E-state index in [0.717, 1.165) is 5.75 Å². The Balaban J connectivity index is 1.66. The van der Waals surface area contributed by atoms with Gasteiger partial charge in [-0.05, 0) is 68.3 Å². The van der Waals surface area contributed by atoms with Gasteiger partial charge in [-0.3, -0.25) is 9.59 Å².